The number of halogens is 1. The molecule has 102 valence electrons. The largest absolute Gasteiger partial charge is 0.349 e. The van der Waals surface area contributed by atoms with E-state index in [-0.39, 0.29) is 24.1 Å². The van der Waals surface area contributed by atoms with E-state index in [2.05, 4.69) is 9.88 Å². The van der Waals surface area contributed by atoms with Gasteiger partial charge in [0.25, 0.3) is 0 Å². The van der Waals surface area contributed by atoms with Crippen molar-refractivity contribution in [1.29, 1.82) is 0 Å². The Bertz CT molecular complexity index is 609. The standard InChI is InChI=1S/C14H16N2OS.ClH/c1-16(2)7-9-8-18-14-12(13(9)17)10-5-3-4-6-11(10)15-14;/h3-6,9,15H,7-8H2,1-2H3;1H. The van der Waals surface area contributed by atoms with E-state index in [0.717, 1.165) is 33.8 Å². The highest BCUT2D eigenvalue weighted by atomic mass is 35.5. The summed E-state index contributed by atoms with van der Waals surface area (Å²) in [4.78, 5) is 18.0. The van der Waals surface area contributed by atoms with Gasteiger partial charge in [0.05, 0.1) is 10.6 Å². The second kappa shape index (κ2) is 5.57. The second-order valence-electron chi connectivity index (χ2n) is 5.01. The van der Waals surface area contributed by atoms with E-state index in [9.17, 15) is 4.79 Å². The molecule has 1 N–H and O–H groups in total. The van der Waals surface area contributed by atoms with E-state index in [1.807, 2.05) is 38.4 Å². The van der Waals surface area contributed by atoms with Gasteiger partial charge < -0.3 is 9.88 Å². The number of ketones is 1. The summed E-state index contributed by atoms with van der Waals surface area (Å²) >= 11 is 1.77. The van der Waals surface area contributed by atoms with E-state index < -0.39 is 0 Å². The maximum Gasteiger partial charge on any atom is 0.171 e. The molecule has 0 aliphatic carbocycles. The number of thioether (sulfide) groups is 1. The van der Waals surface area contributed by atoms with Crippen LogP contribution in [-0.4, -0.2) is 42.1 Å². The molecule has 2 heterocycles. The predicted octanol–water partition coefficient (Wildman–Crippen LogP) is 3.06. The Labute approximate surface area is 123 Å². The van der Waals surface area contributed by atoms with Gasteiger partial charge in [-0.1, -0.05) is 18.2 Å². The summed E-state index contributed by atoms with van der Waals surface area (Å²) < 4.78 is 0. The Morgan fingerprint density at radius 3 is 2.84 bits per heavy atom. The zero-order valence-electron chi connectivity index (χ0n) is 11.0. The molecule has 0 saturated heterocycles. The third-order valence-electron chi connectivity index (χ3n) is 3.30. The summed E-state index contributed by atoms with van der Waals surface area (Å²) in [5.41, 5.74) is 1.96. The van der Waals surface area contributed by atoms with Crippen LogP contribution in [0.2, 0.25) is 0 Å². The number of hydrogen-bond acceptors (Lipinski definition) is 3. The third-order valence-corrected chi connectivity index (χ3v) is 4.47. The number of para-hydroxylation sites is 1. The summed E-state index contributed by atoms with van der Waals surface area (Å²) in [6.45, 7) is 0.824. The maximum absolute atomic E-state index is 12.6. The van der Waals surface area contributed by atoms with Crippen LogP contribution in [0.4, 0.5) is 0 Å². The van der Waals surface area contributed by atoms with Gasteiger partial charge in [-0.05, 0) is 20.2 Å². The Morgan fingerprint density at radius 1 is 1.37 bits per heavy atom. The molecule has 1 aromatic heterocycles. The summed E-state index contributed by atoms with van der Waals surface area (Å²) in [6.07, 6.45) is 0. The molecule has 3 nitrogen and oxygen atoms in total. The fraction of sp³-hybridized carbons (Fsp3) is 0.357. The molecule has 0 radical (unpaired) electrons. The van der Waals surface area contributed by atoms with Gasteiger partial charge in [-0.2, -0.15) is 0 Å². The Balaban J connectivity index is 0.00000133. The second-order valence-corrected chi connectivity index (χ2v) is 6.04. The molecule has 5 heteroatoms. The maximum atomic E-state index is 12.6. The molecule has 2 aromatic rings. The molecular weight excluding hydrogens is 280 g/mol. The first-order chi connectivity index (χ1) is 8.66. The number of aromatic nitrogens is 1. The van der Waals surface area contributed by atoms with Crippen LogP contribution in [0, 0.1) is 5.92 Å². The van der Waals surface area contributed by atoms with E-state index in [0.29, 0.717) is 0 Å². The number of Topliss-reactive ketones (excluding diaryl/α,β-unsaturated/α-hetero) is 1. The van der Waals surface area contributed by atoms with Crippen molar-refractivity contribution in [3.05, 3.63) is 29.8 Å². The Morgan fingerprint density at radius 2 is 2.11 bits per heavy atom. The molecule has 1 aliphatic rings. The van der Waals surface area contributed by atoms with Crippen molar-refractivity contribution in [2.45, 2.75) is 5.03 Å². The minimum Gasteiger partial charge on any atom is -0.349 e. The predicted molar refractivity (Wildman–Crippen MR) is 82.6 cm³/mol. The first-order valence-electron chi connectivity index (χ1n) is 6.09. The average Bonchev–Trinajstić information content (AvgIpc) is 2.71. The highest BCUT2D eigenvalue weighted by Gasteiger charge is 2.31. The molecule has 1 aromatic carbocycles. The lowest BCUT2D eigenvalue weighted by atomic mass is 9.98. The number of nitrogens with zero attached hydrogens (tertiary/aromatic N) is 1. The molecule has 1 aliphatic heterocycles. The van der Waals surface area contributed by atoms with Crippen molar-refractivity contribution in [2.75, 3.05) is 26.4 Å². The van der Waals surface area contributed by atoms with Crippen LogP contribution in [0.3, 0.4) is 0 Å². The summed E-state index contributed by atoms with van der Waals surface area (Å²) in [5, 5.41) is 2.10. The quantitative estimate of drug-likeness (QED) is 0.925. The number of nitrogens with one attached hydrogen (secondary N) is 1. The lowest BCUT2D eigenvalue weighted by Gasteiger charge is -2.23. The van der Waals surface area contributed by atoms with Gasteiger partial charge in [-0.15, -0.1) is 24.2 Å². The lowest BCUT2D eigenvalue weighted by molar-refractivity contribution is 0.0908. The van der Waals surface area contributed by atoms with Crippen LogP contribution >= 0.6 is 24.2 Å². The fourth-order valence-corrected chi connectivity index (χ4v) is 3.67. The summed E-state index contributed by atoms with van der Waals surface area (Å²) in [7, 11) is 4.03. The molecular formula is C14H17ClN2OS. The number of carbonyl (C=O) groups is 1. The van der Waals surface area contributed by atoms with Crippen LogP contribution in [0.25, 0.3) is 10.9 Å². The number of carbonyl (C=O) groups excluding carboxylic acids is 1. The van der Waals surface area contributed by atoms with Crippen molar-refractivity contribution in [1.82, 2.24) is 9.88 Å². The number of benzene rings is 1. The van der Waals surface area contributed by atoms with Crippen LogP contribution in [-0.2, 0) is 0 Å². The average molecular weight is 297 g/mol. The molecule has 19 heavy (non-hydrogen) atoms. The lowest BCUT2D eigenvalue weighted by Crippen LogP contribution is -2.31. The molecule has 0 amide bonds. The molecule has 0 spiro atoms. The van der Waals surface area contributed by atoms with Gasteiger partial charge in [0.1, 0.15) is 0 Å². The van der Waals surface area contributed by atoms with E-state index in [1.165, 1.54) is 0 Å². The molecule has 1 unspecified atom stereocenters. The van der Waals surface area contributed by atoms with Crippen molar-refractivity contribution < 1.29 is 4.79 Å². The minimum atomic E-state index is 0. The van der Waals surface area contributed by atoms with Gasteiger partial charge in [-0.25, -0.2) is 0 Å². The van der Waals surface area contributed by atoms with Crippen LogP contribution < -0.4 is 0 Å². The summed E-state index contributed by atoms with van der Waals surface area (Å²) in [6, 6.07) is 8.05. The van der Waals surface area contributed by atoms with Gasteiger partial charge in [0.2, 0.25) is 0 Å². The van der Waals surface area contributed by atoms with Crippen molar-refractivity contribution in [3.63, 3.8) is 0 Å². The van der Waals surface area contributed by atoms with Crippen molar-refractivity contribution in [2.24, 2.45) is 5.92 Å². The highest BCUT2D eigenvalue weighted by Crippen LogP contribution is 2.37. The van der Waals surface area contributed by atoms with Crippen LogP contribution in [0.5, 0.6) is 0 Å². The smallest absolute Gasteiger partial charge is 0.171 e. The Hall–Kier alpha value is -0.970. The van der Waals surface area contributed by atoms with Gasteiger partial charge in [0.15, 0.2) is 5.78 Å². The fourth-order valence-electron chi connectivity index (χ4n) is 2.51. The molecule has 3 rings (SSSR count). The number of rotatable bonds is 2. The van der Waals surface area contributed by atoms with Crippen molar-refractivity contribution in [3.8, 4) is 0 Å². The zero-order chi connectivity index (χ0) is 12.7. The van der Waals surface area contributed by atoms with Gasteiger partial charge in [0, 0.05) is 29.1 Å². The third kappa shape index (κ3) is 2.53. The normalized spacial score (nSPS) is 18.5. The monoisotopic (exact) mass is 296 g/mol. The van der Waals surface area contributed by atoms with Gasteiger partial charge >= 0.3 is 0 Å². The first-order valence-corrected chi connectivity index (χ1v) is 7.08. The van der Waals surface area contributed by atoms with Gasteiger partial charge in [-0.3, -0.25) is 4.79 Å². The molecule has 1 atom stereocenters. The van der Waals surface area contributed by atoms with E-state index >= 15 is 0 Å². The number of fused-ring (bicyclic) bond motifs is 3. The van der Waals surface area contributed by atoms with Crippen LogP contribution in [0.15, 0.2) is 29.3 Å². The number of aromatic amines is 1. The molecule has 0 bridgehead atoms. The van der Waals surface area contributed by atoms with E-state index in [1.54, 1.807) is 11.8 Å². The van der Waals surface area contributed by atoms with Crippen molar-refractivity contribution >= 4 is 40.9 Å². The first kappa shape index (κ1) is 14.4. The number of H-pyrrole nitrogens is 1. The molecule has 0 saturated carbocycles. The highest BCUT2D eigenvalue weighted by molar-refractivity contribution is 7.99. The molecule has 0 fully saturated rings. The summed E-state index contributed by atoms with van der Waals surface area (Å²) in [5.74, 6) is 1.27. The minimum absolute atomic E-state index is 0. The Kier molecular flexibility index (Phi) is 4.23. The topological polar surface area (TPSA) is 36.1 Å². The van der Waals surface area contributed by atoms with Crippen LogP contribution in [0.1, 0.15) is 10.4 Å². The SMILES string of the molecule is CN(C)CC1CSc2[nH]c3ccccc3c2C1=O.Cl. The van der Waals surface area contributed by atoms with E-state index in [4.69, 9.17) is 0 Å². The zero-order valence-corrected chi connectivity index (χ0v) is 12.6. The number of hydrogen-bond donors (Lipinski definition) is 1.